The van der Waals surface area contributed by atoms with E-state index in [1.807, 2.05) is 43.3 Å². The highest BCUT2D eigenvalue weighted by molar-refractivity contribution is 6.33. The third kappa shape index (κ3) is 5.59. The van der Waals surface area contributed by atoms with E-state index in [4.69, 9.17) is 32.7 Å². The van der Waals surface area contributed by atoms with E-state index in [0.717, 1.165) is 11.1 Å². The molecule has 0 aromatic heterocycles. The fourth-order valence-electron chi connectivity index (χ4n) is 2.86. The van der Waals surface area contributed by atoms with Gasteiger partial charge < -0.3 is 19.9 Å². The molecule has 156 valence electrons. The van der Waals surface area contributed by atoms with Gasteiger partial charge in [-0.05, 0) is 48.4 Å². The van der Waals surface area contributed by atoms with E-state index >= 15 is 0 Å². The second-order valence-electron chi connectivity index (χ2n) is 6.47. The summed E-state index contributed by atoms with van der Waals surface area (Å²) in [7, 11) is 0. The quantitative estimate of drug-likeness (QED) is 0.405. The molecule has 0 bridgehead atoms. The van der Waals surface area contributed by atoms with Gasteiger partial charge in [-0.25, -0.2) is 4.79 Å². The van der Waals surface area contributed by atoms with Crippen LogP contribution in [0.25, 0.3) is 0 Å². The Hall–Kier alpha value is -2.89. The molecule has 5 nitrogen and oxygen atoms in total. The monoisotopic (exact) mass is 445 g/mol. The van der Waals surface area contributed by atoms with Crippen LogP contribution in [0, 0.1) is 0 Å². The van der Waals surface area contributed by atoms with Crippen molar-refractivity contribution in [1.29, 1.82) is 0 Å². The molecule has 0 aliphatic carbocycles. The van der Waals surface area contributed by atoms with Gasteiger partial charge in [-0.3, -0.25) is 0 Å². The minimum atomic E-state index is -1.08. The van der Waals surface area contributed by atoms with Gasteiger partial charge in [0.1, 0.15) is 6.61 Å². The zero-order chi connectivity index (χ0) is 21.5. The van der Waals surface area contributed by atoms with Gasteiger partial charge in [0.2, 0.25) is 0 Å². The predicted octanol–water partition coefficient (Wildman–Crippen LogP) is 6.28. The van der Waals surface area contributed by atoms with Crippen molar-refractivity contribution in [3.05, 3.63) is 87.4 Å². The van der Waals surface area contributed by atoms with Crippen molar-refractivity contribution in [3.63, 3.8) is 0 Å². The van der Waals surface area contributed by atoms with Crippen molar-refractivity contribution < 1.29 is 19.4 Å². The standard InChI is InChI=1S/C23H21Cl2NO4/c1-2-29-21-11-16(13-26-17-8-9-19(24)18(12-17)23(27)28)10-20(25)22(21)30-14-15-6-4-3-5-7-15/h3-12,26H,2,13-14H2,1H3,(H,27,28). The Balaban J connectivity index is 1.76. The Bertz CT molecular complexity index is 1030. The van der Waals surface area contributed by atoms with Crippen LogP contribution in [0.15, 0.2) is 60.7 Å². The summed E-state index contributed by atoms with van der Waals surface area (Å²) < 4.78 is 11.7. The van der Waals surface area contributed by atoms with Crippen LogP contribution in [0.2, 0.25) is 10.0 Å². The first-order valence-electron chi connectivity index (χ1n) is 9.36. The topological polar surface area (TPSA) is 67.8 Å². The molecule has 0 saturated carbocycles. The number of halogens is 2. The fourth-order valence-corrected chi connectivity index (χ4v) is 3.35. The van der Waals surface area contributed by atoms with Gasteiger partial charge in [-0.2, -0.15) is 0 Å². The summed E-state index contributed by atoms with van der Waals surface area (Å²) in [5, 5.41) is 13.0. The fraction of sp³-hybridized carbons (Fsp3) is 0.174. The number of rotatable bonds is 9. The van der Waals surface area contributed by atoms with Gasteiger partial charge >= 0.3 is 5.97 Å². The molecule has 0 amide bonds. The summed E-state index contributed by atoms with van der Waals surface area (Å²) in [6.07, 6.45) is 0. The number of aromatic carboxylic acids is 1. The molecule has 7 heteroatoms. The summed E-state index contributed by atoms with van der Waals surface area (Å²) in [4.78, 5) is 11.3. The lowest BCUT2D eigenvalue weighted by atomic mass is 10.1. The number of nitrogens with one attached hydrogen (secondary N) is 1. The average Bonchev–Trinajstić information content (AvgIpc) is 2.73. The summed E-state index contributed by atoms with van der Waals surface area (Å²) in [5.74, 6) is -0.0314. The Morgan fingerprint density at radius 3 is 2.43 bits per heavy atom. The Morgan fingerprint density at radius 2 is 1.73 bits per heavy atom. The molecule has 3 rings (SSSR count). The molecule has 3 aromatic rings. The predicted molar refractivity (Wildman–Crippen MR) is 119 cm³/mol. The van der Waals surface area contributed by atoms with Gasteiger partial charge in [0.05, 0.1) is 22.2 Å². The SMILES string of the molecule is CCOc1cc(CNc2ccc(Cl)c(C(=O)O)c2)cc(Cl)c1OCc1ccccc1. The Kier molecular flexibility index (Phi) is 7.44. The molecule has 3 aromatic carbocycles. The van der Waals surface area contributed by atoms with E-state index in [9.17, 15) is 9.90 Å². The first-order chi connectivity index (χ1) is 14.5. The highest BCUT2D eigenvalue weighted by atomic mass is 35.5. The summed E-state index contributed by atoms with van der Waals surface area (Å²) in [6, 6.07) is 18.2. The maximum Gasteiger partial charge on any atom is 0.337 e. The van der Waals surface area contributed by atoms with Crippen molar-refractivity contribution in [3.8, 4) is 11.5 Å². The zero-order valence-corrected chi connectivity index (χ0v) is 17.8. The molecule has 0 unspecified atom stereocenters. The third-order valence-electron chi connectivity index (χ3n) is 4.29. The van der Waals surface area contributed by atoms with Crippen LogP contribution in [0.4, 0.5) is 5.69 Å². The minimum Gasteiger partial charge on any atom is -0.490 e. The first kappa shape index (κ1) is 21.8. The van der Waals surface area contributed by atoms with Crippen LogP contribution in [0.3, 0.4) is 0 Å². The van der Waals surface area contributed by atoms with E-state index in [1.165, 1.54) is 6.07 Å². The molecule has 0 heterocycles. The van der Waals surface area contributed by atoms with Crippen LogP contribution in [0.1, 0.15) is 28.4 Å². The van der Waals surface area contributed by atoms with E-state index in [1.54, 1.807) is 18.2 Å². The molecular formula is C23H21Cl2NO4. The number of ether oxygens (including phenoxy) is 2. The zero-order valence-electron chi connectivity index (χ0n) is 16.3. The molecule has 30 heavy (non-hydrogen) atoms. The van der Waals surface area contributed by atoms with Crippen LogP contribution >= 0.6 is 23.2 Å². The van der Waals surface area contributed by atoms with Gasteiger partial charge in [-0.1, -0.05) is 53.5 Å². The third-order valence-corrected chi connectivity index (χ3v) is 4.90. The second-order valence-corrected chi connectivity index (χ2v) is 7.28. The van der Waals surface area contributed by atoms with E-state index in [0.29, 0.717) is 42.0 Å². The molecular weight excluding hydrogens is 425 g/mol. The number of benzene rings is 3. The smallest absolute Gasteiger partial charge is 0.337 e. The lowest BCUT2D eigenvalue weighted by Crippen LogP contribution is -2.05. The molecule has 0 radical (unpaired) electrons. The van der Waals surface area contributed by atoms with Gasteiger partial charge in [-0.15, -0.1) is 0 Å². The highest BCUT2D eigenvalue weighted by Gasteiger charge is 2.14. The highest BCUT2D eigenvalue weighted by Crippen LogP contribution is 2.37. The summed E-state index contributed by atoms with van der Waals surface area (Å²) in [5.41, 5.74) is 2.57. The number of carboxylic acids is 1. The van der Waals surface area contributed by atoms with Crippen molar-refractivity contribution in [2.45, 2.75) is 20.1 Å². The lowest BCUT2D eigenvalue weighted by Gasteiger charge is -2.16. The first-order valence-corrected chi connectivity index (χ1v) is 10.1. The number of hydrogen-bond acceptors (Lipinski definition) is 4. The average molecular weight is 446 g/mol. The molecule has 0 aliphatic heterocycles. The van der Waals surface area contributed by atoms with Crippen LogP contribution in [0.5, 0.6) is 11.5 Å². The lowest BCUT2D eigenvalue weighted by molar-refractivity contribution is 0.0697. The second kappa shape index (κ2) is 10.2. The molecule has 2 N–H and O–H groups in total. The van der Waals surface area contributed by atoms with Gasteiger partial charge in [0.25, 0.3) is 0 Å². The minimum absolute atomic E-state index is 0.0411. The molecule has 0 aliphatic rings. The summed E-state index contributed by atoms with van der Waals surface area (Å²) in [6.45, 7) is 3.15. The molecule has 0 fully saturated rings. The van der Waals surface area contributed by atoms with Crippen molar-refractivity contribution in [2.75, 3.05) is 11.9 Å². The summed E-state index contributed by atoms with van der Waals surface area (Å²) >= 11 is 12.4. The van der Waals surface area contributed by atoms with E-state index in [2.05, 4.69) is 5.32 Å². The largest absolute Gasteiger partial charge is 0.490 e. The number of carboxylic acid groups (broad SMARTS) is 1. The van der Waals surface area contributed by atoms with Crippen molar-refractivity contribution in [1.82, 2.24) is 0 Å². The van der Waals surface area contributed by atoms with Crippen molar-refractivity contribution in [2.24, 2.45) is 0 Å². The Labute approximate surface area is 185 Å². The molecule has 0 spiro atoms. The maximum atomic E-state index is 11.3. The van der Waals surface area contributed by atoms with Gasteiger partial charge in [0.15, 0.2) is 11.5 Å². The molecule has 0 atom stereocenters. The van der Waals surface area contributed by atoms with Gasteiger partial charge in [0, 0.05) is 12.2 Å². The van der Waals surface area contributed by atoms with Crippen molar-refractivity contribution >= 4 is 34.9 Å². The number of hydrogen-bond donors (Lipinski definition) is 2. The van der Waals surface area contributed by atoms with E-state index in [-0.39, 0.29) is 10.6 Å². The normalized spacial score (nSPS) is 10.5. The van der Waals surface area contributed by atoms with Crippen LogP contribution < -0.4 is 14.8 Å². The van der Waals surface area contributed by atoms with Crippen LogP contribution in [-0.2, 0) is 13.2 Å². The Morgan fingerprint density at radius 1 is 0.967 bits per heavy atom. The van der Waals surface area contributed by atoms with E-state index < -0.39 is 5.97 Å². The maximum absolute atomic E-state index is 11.3. The van der Waals surface area contributed by atoms with Crippen LogP contribution in [-0.4, -0.2) is 17.7 Å². The number of anilines is 1. The number of carbonyl (C=O) groups is 1. The molecule has 0 saturated heterocycles.